The lowest BCUT2D eigenvalue weighted by Crippen LogP contribution is -2.38. The van der Waals surface area contributed by atoms with Gasteiger partial charge in [-0.1, -0.05) is 60.1 Å². The Morgan fingerprint density at radius 1 is 1.07 bits per heavy atom. The van der Waals surface area contributed by atoms with E-state index in [2.05, 4.69) is 13.0 Å². The number of carbonyl (C=O) groups is 1. The molecular formula is C24H21ClO3. The average molecular weight is 393 g/mol. The van der Waals surface area contributed by atoms with Crippen molar-refractivity contribution >= 4 is 17.6 Å². The van der Waals surface area contributed by atoms with Crippen molar-refractivity contribution in [2.45, 2.75) is 31.8 Å². The van der Waals surface area contributed by atoms with Crippen molar-refractivity contribution in [2.75, 3.05) is 0 Å². The fourth-order valence-corrected chi connectivity index (χ4v) is 3.99. The highest BCUT2D eigenvalue weighted by molar-refractivity contribution is 6.31. The first-order valence-electron chi connectivity index (χ1n) is 9.33. The van der Waals surface area contributed by atoms with E-state index in [1.165, 1.54) is 5.56 Å². The van der Waals surface area contributed by atoms with Crippen molar-refractivity contribution < 1.29 is 14.6 Å². The SMILES string of the molecule is C[C@@]1(Cc2ccccc2Cl)CCc2cccc(-c3ccc(C(=O)O)cc3)c2O1. The number of aryl methyl sites for hydroxylation is 1. The molecule has 4 heteroatoms. The van der Waals surface area contributed by atoms with E-state index < -0.39 is 5.97 Å². The van der Waals surface area contributed by atoms with Crippen LogP contribution in [0.5, 0.6) is 5.75 Å². The van der Waals surface area contributed by atoms with Crippen LogP contribution >= 0.6 is 11.6 Å². The van der Waals surface area contributed by atoms with Crippen LogP contribution < -0.4 is 4.74 Å². The van der Waals surface area contributed by atoms with Gasteiger partial charge in [0.2, 0.25) is 0 Å². The molecule has 142 valence electrons. The number of para-hydroxylation sites is 1. The van der Waals surface area contributed by atoms with E-state index in [1.54, 1.807) is 12.1 Å². The largest absolute Gasteiger partial charge is 0.486 e. The molecule has 0 unspecified atom stereocenters. The lowest BCUT2D eigenvalue weighted by Gasteiger charge is -2.37. The number of ether oxygens (including phenoxy) is 1. The summed E-state index contributed by atoms with van der Waals surface area (Å²) in [6.07, 6.45) is 2.57. The van der Waals surface area contributed by atoms with Crippen LogP contribution in [0.15, 0.2) is 66.7 Å². The van der Waals surface area contributed by atoms with E-state index >= 15 is 0 Å². The molecule has 0 aromatic heterocycles. The summed E-state index contributed by atoms with van der Waals surface area (Å²) in [6.45, 7) is 2.13. The van der Waals surface area contributed by atoms with Crippen LogP contribution in [0, 0.1) is 0 Å². The Morgan fingerprint density at radius 2 is 1.82 bits per heavy atom. The van der Waals surface area contributed by atoms with Gasteiger partial charge in [0.25, 0.3) is 0 Å². The van der Waals surface area contributed by atoms with Gasteiger partial charge in [-0.05, 0) is 54.7 Å². The van der Waals surface area contributed by atoms with Crippen LogP contribution in [0.4, 0.5) is 0 Å². The Balaban J connectivity index is 1.68. The summed E-state index contributed by atoms with van der Waals surface area (Å²) in [4.78, 5) is 11.1. The molecular weight excluding hydrogens is 372 g/mol. The van der Waals surface area contributed by atoms with Gasteiger partial charge in [-0.25, -0.2) is 4.79 Å². The third-order valence-electron chi connectivity index (χ3n) is 5.33. The van der Waals surface area contributed by atoms with Gasteiger partial charge in [-0.2, -0.15) is 0 Å². The van der Waals surface area contributed by atoms with E-state index in [9.17, 15) is 4.79 Å². The van der Waals surface area contributed by atoms with E-state index in [0.29, 0.717) is 0 Å². The van der Waals surface area contributed by atoms with Gasteiger partial charge in [0, 0.05) is 17.0 Å². The van der Waals surface area contributed by atoms with Crippen LogP contribution in [-0.2, 0) is 12.8 Å². The normalized spacial score (nSPS) is 18.2. The summed E-state index contributed by atoms with van der Waals surface area (Å²) in [5, 5.41) is 9.89. The molecule has 1 aliphatic rings. The Hall–Kier alpha value is -2.78. The van der Waals surface area contributed by atoms with Crippen molar-refractivity contribution in [3.63, 3.8) is 0 Å². The van der Waals surface area contributed by atoms with Gasteiger partial charge in [0.1, 0.15) is 11.4 Å². The van der Waals surface area contributed by atoms with Gasteiger partial charge >= 0.3 is 5.97 Å². The second-order valence-corrected chi connectivity index (χ2v) is 7.90. The minimum atomic E-state index is -0.926. The quantitative estimate of drug-likeness (QED) is 0.589. The van der Waals surface area contributed by atoms with Crippen molar-refractivity contribution in [1.82, 2.24) is 0 Å². The maximum absolute atomic E-state index is 11.1. The minimum Gasteiger partial charge on any atom is -0.486 e. The zero-order valence-electron chi connectivity index (χ0n) is 15.6. The molecule has 1 aliphatic heterocycles. The number of rotatable bonds is 4. The van der Waals surface area contributed by atoms with Crippen molar-refractivity contribution in [2.24, 2.45) is 0 Å². The topological polar surface area (TPSA) is 46.5 Å². The standard InChI is InChI=1S/C24H21ClO3/c1-24(15-19-5-2-3-8-21(19)25)14-13-17-6-4-7-20(22(17)28-24)16-9-11-18(12-10-16)23(26)27/h2-12H,13-15H2,1H3,(H,26,27)/t24-/m0/s1. The fraction of sp³-hybridized carbons (Fsp3) is 0.208. The smallest absolute Gasteiger partial charge is 0.335 e. The number of aromatic carboxylic acids is 1. The third kappa shape index (κ3) is 3.63. The second kappa shape index (κ2) is 7.33. The van der Waals surface area contributed by atoms with Crippen LogP contribution in [0.2, 0.25) is 5.02 Å². The molecule has 1 heterocycles. The number of carboxylic acid groups (broad SMARTS) is 1. The van der Waals surface area contributed by atoms with Gasteiger partial charge in [0.05, 0.1) is 5.56 Å². The number of halogens is 1. The van der Waals surface area contributed by atoms with Crippen molar-refractivity contribution in [3.05, 3.63) is 88.4 Å². The minimum absolute atomic E-state index is 0.276. The summed E-state index contributed by atoms with van der Waals surface area (Å²) in [5.74, 6) is -0.0448. The first-order valence-corrected chi connectivity index (χ1v) is 9.71. The predicted molar refractivity (Wildman–Crippen MR) is 111 cm³/mol. The molecule has 0 bridgehead atoms. The van der Waals surface area contributed by atoms with E-state index in [4.69, 9.17) is 21.4 Å². The van der Waals surface area contributed by atoms with Gasteiger partial charge in [-0.15, -0.1) is 0 Å². The van der Waals surface area contributed by atoms with Gasteiger partial charge in [-0.3, -0.25) is 0 Å². The average Bonchev–Trinajstić information content (AvgIpc) is 2.69. The number of hydrogen-bond acceptors (Lipinski definition) is 2. The van der Waals surface area contributed by atoms with E-state index in [0.717, 1.165) is 46.7 Å². The lowest BCUT2D eigenvalue weighted by atomic mass is 9.86. The Morgan fingerprint density at radius 3 is 2.54 bits per heavy atom. The van der Waals surface area contributed by atoms with E-state index in [1.807, 2.05) is 48.5 Å². The number of benzene rings is 3. The lowest BCUT2D eigenvalue weighted by molar-refractivity contribution is 0.0661. The highest BCUT2D eigenvalue weighted by atomic mass is 35.5. The zero-order valence-corrected chi connectivity index (χ0v) is 16.4. The molecule has 0 spiro atoms. The summed E-state index contributed by atoms with van der Waals surface area (Å²) in [7, 11) is 0. The summed E-state index contributed by atoms with van der Waals surface area (Å²) < 4.78 is 6.57. The molecule has 0 saturated heterocycles. The Kier molecular flexibility index (Phi) is 4.86. The Bertz CT molecular complexity index is 1030. The summed E-state index contributed by atoms with van der Waals surface area (Å²) >= 11 is 6.37. The predicted octanol–water partition coefficient (Wildman–Crippen LogP) is 6.03. The molecule has 3 aromatic carbocycles. The summed E-state index contributed by atoms with van der Waals surface area (Å²) in [6, 6.07) is 21.0. The zero-order chi connectivity index (χ0) is 19.7. The van der Waals surface area contributed by atoms with Gasteiger partial charge < -0.3 is 9.84 Å². The summed E-state index contributed by atoms with van der Waals surface area (Å²) in [5.41, 5.74) is 4.12. The maximum Gasteiger partial charge on any atom is 0.335 e. The molecule has 0 fully saturated rings. The number of hydrogen-bond donors (Lipinski definition) is 1. The fourth-order valence-electron chi connectivity index (χ4n) is 3.79. The maximum atomic E-state index is 11.1. The van der Waals surface area contributed by atoms with Gasteiger partial charge in [0.15, 0.2) is 0 Å². The number of carboxylic acids is 1. The first-order chi connectivity index (χ1) is 13.5. The van der Waals surface area contributed by atoms with Crippen LogP contribution in [0.25, 0.3) is 11.1 Å². The number of fused-ring (bicyclic) bond motifs is 1. The molecule has 3 aromatic rings. The van der Waals surface area contributed by atoms with Crippen LogP contribution in [-0.4, -0.2) is 16.7 Å². The second-order valence-electron chi connectivity index (χ2n) is 7.50. The first kappa shape index (κ1) is 18.6. The van der Waals surface area contributed by atoms with Crippen molar-refractivity contribution in [3.8, 4) is 16.9 Å². The molecule has 28 heavy (non-hydrogen) atoms. The van der Waals surface area contributed by atoms with Crippen LogP contribution in [0.1, 0.15) is 34.8 Å². The van der Waals surface area contributed by atoms with Crippen molar-refractivity contribution in [1.29, 1.82) is 0 Å². The van der Waals surface area contributed by atoms with Crippen LogP contribution in [0.3, 0.4) is 0 Å². The third-order valence-corrected chi connectivity index (χ3v) is 5.70. The molecule has 0 aliphatic carbocycles. The molecule has 0 radical (unpaired) electrons. The highest BCUT2D eigenvalue weighted by Crippen LogP contribution is 2.42. The molecule has 1 atom stereocenters. The highest BCUT2D eigenvalue weighted by Gasteiger charge is 2.33. The molecule has 1 N–H and O–H groups in total. The Labute approximate surface area is 169 Å². The van der Waals surface area contributed by atoms with E-state index in [-0.39, 0.29) is 11.2 Å². The molecule has 0 amide bonds. The molecule has 0 saturated carbocycles. The monoisotopic (exact) mass is 392 g/mol. The molecule has 4 rings (SSSR count). The molecule has 3 nitrogen and oxygen atoms in total.